The van der Waals surface area contributed by atoms with Crippen LogP contribution < -0.4 is 10.1 Å². The average Bonchev–Trinajstić information content (AvgIpc) is 2.44. The fourth-order valence-electron chi connectivity index (χ4n) is 2.88. The van der Waals surface area contributed by atoms with Crippen molar-refractivity contribution < 1.29 is 24.2 Å². The highest BCUT2D eigenvalue weighted by Crippen LogP contribution is 2.37. The van der Waals surface area contributed by atoms with Gasteiger partial charge in [-0.05, 0) is 63.3 Å². The number of nitrogens with one attached hydrogen (secondary N) is 1. The first kappa shape index (κ1) is 17.1. The van der Waals surface area contributed by atoms with Gasteiger partial charge >= 0.3 is 12.1 Å². The summed E-state index contributed by atoms with van der Waals surface area (Å²) in [5, 5.41) is 12.4. The number of carbonyl (C=O) groups is 2. The van der Waals surface area contributed by atoms with Crippen molar-refractivity contribution in [1.82, 2.24) is 5.32 Å². The predicted molar refractivity (Wildman–Crippen MR) is 84.6 cm³/mol. The monoisotopic (exact) mass is 321 g/mol. The van der Waals surface area contributed by atoms with Gasteiger partial charge in [-0.2, -0.15) is 0 Å². The van der Waals surface area contributed by atoms with Crippen molar-refractivity contribution >= 4 is 12.1 Å². The maximum atomic E-state index is 12.1. The third kappa shape index (κ3) is 3.57. The number of ether oxygens (including phenoxy) is 2. The number of alkyl carbamates (subject to hydrolysis) is 1. The lowest BCUT2D eigenvalue weighted by atomic mass is 9.76. The van der Waals surface area contributed by atoms with Crippen LogP contribution in [0.1, 0.15) is 44.7 Å². The highest BCUT2D eigenvalue weighted by Gasteiger charge is 2.46. The molecule has 1 aromatic rings. The molecule has 0 aliphatic heterocycles. The minimum Gasteiger partial charge on any atom is -0.497 e. The van der Waals surface area contributed by atoms with Crippen molar-refractivity contribution in [2.45, 2.75) is 51.2 Å². The lowest BCUT2D eigenvalue weighted by molar-refractivity contribution is -0.146. The van der Waals surface area contributed by atoms with Crippen molar-refractivity contribution in [3.63, 3.8) is 0 Å². The number of carboxylic acids is 1. The quantitative estimate of drug-likeness (QED) is 0.894. The third-order valence-corrected chi connectivity index (χ3v) is 3.85. The van der Waals surface area contributed by atoms with E-state index in [4.69, 9.17) is 9.47 Å². The van der Waals surface area contributed by atoms with Crippen molar-refractivity contribution in [3.05, 3.63) is 29.3 Å². The number of fused-ring (bicyclic) bond motifs is 1. The summed E-state index contributed by atoms with van der Waals surface area (Å²) < 4.78 is 10.4. The lowest BCUT2D eigenvalue weighted by Crippen LogP contribution is -2.54. The normalized spacial score (nSPS) is 20.3. The molecular weight excluding hydrogens is 298 g/mol. The second-order valence-electron chi connectivity index (χ2n) is 6.71. The molecule has 23 heavy (non-hydrogen) atoms. The van der Waals surface area contributed by atoms with Gasteiger partial charge in [-0.3, -0.25) is 0 Å². The van der Waals surface area contributed by atoms with E-state index in [1.54, 1.807) is 40.0 Å². The Kier molecular flexibility index (Phi) is 4.54. The highest BCUT2D eigenvalue weighted by molar-refractivity contribution is 5.87. The van der Waals surface area contributed by atoms with E-state index in [2.05, 4.69) is 5.32 Å². The number of aliphatic carboxylic acids is 1. The molecule has 1 unspecified atom stereocenters. The molecule has 1 amide bonds. The molecule has 0 saturated heterocycles. The van der Waals surface area contributed by atoms with Crippen molar-refractivity contribution in [3.8, 4) is 5.75 Å². The fraction of sp³-hybridized carbons (Fsp3) is 0.529. The largest absolute Gasteiger partial charge is 0.497 e. The molecule has 1 aromatic carbocycles. The van der Waals surface area contributed by atoms with Crippen LogP contribution in [-0.4, -0.2) is 29.9 Å². The Morgan fingerprint density at radius 1 is 1.30 bits per heavy atom. The standard InChI is InChI=1S/C17H23NO5/c1-16(2,3)23-15(21)18-17(14(19)20)9-5-6-11-10-12(22-4)7-8-13(11)17/h7-8,10H,5-6,9H2,1-4H3,(H,18,21)(H,19,20). The minimum absolute atomic E-state index is 0.320. The van der Waals surface area contributed by atoms with Crippen LogP contribution in [-0.2, 0) is 21.5 Å². The van der Waals surface area contributed by atoms with Gasteiger partial charge in [0.2, 0.25) is 0 Å². The first-order valence-corrected chi connectivity index (χ1v) is 7.60. The second kappa shape index (κ2) is 6.10. The summed E-state index contributed by atoms with van der Waals surface area (Å²) in [6.45, 7) is 5.21. The van der Waals surface area contributed by atoms with Crippen molar-refractivity contribution in [1.29, 1.82) is 0 Å². The number of amides is 1. The van der Waals surface area contributed by atoms with Crippen LogP contribution in [0.2, 0.25) is 0 Å². The molecule has 0 heterocycles. The molecule has 1 aliphatic rings. The first-order valence-electron chi connectivity index (χ1n) is 7.60. The maximum Gasteiger partial charge on any atom is 0.408 e. The van der Waals surface area contributed by atoms with Gasteiger partial charge in [0.25, 0.3) is 0 Å². The Morgan fingerprint density at radius 3 is 2.57 bits per heavy atom. The Hall–Kier alpha value is -2.24. The predicted octanol–water partition coefficient (Wildman–Crippen LogP) is 2.84. The van der Waals surface area contributed by atoms with Crippen LogP contribution in [0.25, 0.3) is 0 Å². The van der Waals surface area contributed by atoms with E-state index in [0.29, 0.717) is 24.2 Å². The number of rotatable bonds is 3. The number of carboxylic acid groups (broad SMARTS) is 1. The smallest absolute Gasteiger partial charge is 0.408 e. The molecule has 2 N–H and O–H groups in total. The molecule has 1 aliphatic carbocycles. The van der Waals surface area contributed by atoms with Gasteiger partial charge < -0.3 is 19.9 Å². The summed E-state index contributed by atoms with van der Waals surface area (Å²) in [6.07, 6.45) is 0.990. The van der Waals surface area contributed by atoms with Crippen LogP contribution in [0.4, 0.5) is 4.79 Å². The molecule has 0 aromatic heterocycles. The average molecular weight is 321 g/mol. The minimum atomic E-state index is -1.47. The van der Waals surface area contributed by atoms with Gasteiger partial charge in [0.05, 0.1) is 7.11 Å². The van der Waals surface area contributed by atoms with Gasteiger partial charge in [0, 0.05) is 0 Å². The van der Waals surface area contributed by atoms with Gasteiger partial charge in [-0.1, -0.05) is 6.07 Å². The SMILES string of the molecule is COc1ccc2c(c1)CCCC2(NC(=O)OC(C)(C)C)C(=O)O. The molecular formula is C17H23NO5. The molecule has 1 atom stereocenters. The van der Waals surface area contributed by atoms with Gasteiger partial charge in [-0.25, -0.2) is 9.59 Å². The van der Waals surface area contributed by atoms with E-state index in [1.165, 1.54) is 0 Å². The third-order valence-electron chi connectivity index (χ3n) is 3.85. The zero-order valence-electron chi connectivity index (χ0n) is 13.9. The van der Waals surface area contributed by atoms with E-state index in [0.717, 1.165) is 12.0 Å². The molecule has 126 valence electrons. The van der Waals surface area contributed by atoms with Crippen LogP contribution in [0.15, 0.2) is 18.2 Å². The van der Waals surface area contributed by atoms with Crippen molar-refractivity contribution in [2.75, 3.05) is 7.11 Å². The van der Waals surface area contributed by atoms with Gasteiger partial charge in [0.1, 0.15) is 11.4 Å². The first-order chi connectivity index (χ1) is 10.7. The van der Waals surface area contributed by atoms with Crippen LogP contribution in [0.5, 0.6) is 5.75 Å². The van der Waals surface area contributed by atoms with Gasteiger partial charge in [-0.15, -0.1) is 0 Å². The van der Waals surface area contributed by atoms with E-state index in [-0.39, 0.29) is 0 Å². The van der Waals surface area contributed by atoms with Crippen LogP contribution in [0.3, 0.4) is 0 Å². The molecule has 0 spiro atoms. The van der Waals surface area contributed by atoms with Crippen molar-refractivity contribution in [2.24, 2.45) is 0 Å². The second-order valence-corrected chi connectivity index (χ2v) is 6.71. The number of methoxy groups -OCH3 is 1. The number of aryl methyl sites for hydroxylation is 1. The number of hydrogen-bond donors (Lipinski definition) is 2. The Bertz CT molecular complexity index is 620. The van der Waals surface area contributed by atoms with Crippen LogP contribution >= 0.6 is 0 Å². The zero-order chi connectivity index (χ0) is 17.3. The molecule has 6 nitrogen and oxygen atoms in total. The fourth-order valence-corrected chi connectivity index (χ4v) is 2.88. The van der Waals surface area contributed by atoms with E-state index in [9.17, 15) is 14.7 Å². The molecule has 0 radical (unpaired) electrons. The summed E-state index contributed by atoms with van der Waals surface area (Å²) in [5.41, 5.74) is -0.708. The summed E-state index contributed by atoms with van der Waals surface area (Å²) in [6, 6.07) is 5.24. The van der Waals surface area contributed by atoms with E-state index >= 15 is 0 Å². The van der Waals surface area contributed by atoms with E-state index in [1.807, 2.05) is 6.07 Å². The summed E-state index contributed by atoms with van der Waals surface area (Å²) >= 11 is 0. The Labute approximate surface area is 135 Å². The molecule has 6 heteroatoms. The van der Waals surface area contributed by atoms with Crippen LogP contribution in [0, 0.1) is 0 Å². The molecule has 2 rings (SSSR count). The Balaban J connectivity index is 2.40. The summed E-state index contributed by atoms with van der Waals surface area (Å²) in [4.78, 5) is 24.1. The number of benzene rings is 1. The summed E-state index contributed by atoms with van der Waals surface area (Å²) in [7, 11) is 1.56. The lowest BCUT2D eigenvalue weighted by Gasteiger charge is -2.36. The highest BCUT2D eigenvalue weighted by atomic mass is 16.6. The molecule has 0 saturated carbocycles. The topological polar surface area (TPSA) is 84.9 Å². The Morgan fingerprint density at radius 2 is 2.00 bits per heavy atom. The van der Waals surface area contributed by atoms with Gasteiger partial charge in [0.15, 0.2) is 5.54 Å². The summed E-state index contributed by atoms with van der Waals surface area (Å²) in [5.74, 6) is -0.420. The maximum absolute atomic E-state index is 12.1. The van der Waals surface area contributed by atoms with E-state index < -0.39 is 23.2 Å². The molecule has 0 bridgehead atoms. The molecule has 0 fully saturated rings. The number of carbonyl (C=O) groups excluding carboxylic acids is 1. The zero-order valence-corrected chi connectivity index (χ0v) is 13.9. The number of hydrogen-bond acceptors (Lipinski definition) is 4.